The molecule has 1 saturated carbocycles. The van der Waals surface area contributed by atoms with Crippen LogP contribution in [-0.2, 0) is 20.5 Å². The van der Waals surface area contributed by atoms with Gasteiger partial charge in [0.05, 0.1) is 5.41 Å². The molecule has 1 saturated heterocycles. The summed E-state index contributed by atoms with van der Waals surface area (Å²) >= 11 is 3.46. The van der Waals surface area contributed by atoms with Crippen LogP contribution >= 0.6 is 15.9 Å². The molecule has 2 fully saturated rings. The molecule has 2 aromatic carbocycles. The largest absolute Gasteiger partial charge is 0.325 e. The molecule has 138 valence electrons. The van der Waals surface area contributed by atoms with Crippen LogP contribution in [0, 0.1) is 0 Å². The van der Waals surface area contributed by atoms with Crippen molar-refractivity contribution in [2.24, 2.45) is 0 Å². The fraction of sp³-hybridized carbons (Fsp3) is 0.250. The van der Waals surface area contributed by atoms with E-state index in [0.717, 1.165) is 22.9 Å². The maximum absolute atomic E-state index is 13.0. The van der Waals surface area contributed by atoms with Crippen molar-refractivity contribution in [3.8, 4) is 0 Å². The van der Waals surface area contributed by atoms with E-state index in [2.05, 4.69) is 31.9 Å². The van der Waals surface area contributed by atoms with Gasteiger partial charge in [-0.1, -0.05) is 40.2 Å². The first-order valence-electron chi connectivity index (χ1n) is 8.65. The highest BCUT2D eigenvalue weighted by molar-refractivity contribution is 9.10. The van der Waals surface area contributed by atoms with Crippen molar-refractivity contribution >= 4 is 39.5 Å². The number of urea groups is 1. The molecule has 1 aliphatic carbocycles. The number of rotatable bonds is 4. The van der Waals surface area contributed by atoms with Gasteiger partial charge in [0.15, 0.2) is 0 Å². The molecule has 1 heterocycles. The smallest absolute Gasteiger partial charge is 0.322 e. The van der Waals surface area contributed by atoms with Crippen molar-refractivity contribution in [2.75, 3.05) is 5.32 Å². The SMILES string of the molecule is CC1(c2cccc(NC(=O)C3(c4cccc(Br)c4)CC3)c2)NC(=O)NC1=O. The Balaban J connectivity index is 1.58. The highest BCUT2D eigenvalue weighted by atomic mass is 79.9. The van der Waals surface area contributed by atoms with Crippen LogP contribution < -0.4 is 16.0 Å². The van der Waals surface area contributed by atoms with Gasteiger partial charge in [-0.15, -0.1) is 0 Å². The van der Waals surface area contributed by atoms with Gasteiger partial charge in [0, 0.05) is 10.2 Å². The van der Waals surface area contributed by atoms with E-state index < -0.39 is 22.9 Å². The molecule has 4 rings (SSSR count). The van der Waals surface area contributed by atoms with Gasteiger partial charge in [0.2, 0.25) is 5.91 Å². The lowest BCUT2D eigenvalue weighted by atomic mass is 9.91. The monoisotopic (exact) mass is 427 g/mol. The first-order valence-corrected chi connectivity index (χ1v) is 9.44. The normalized spacial score (nSPS) is 22.7. The van der Waals surface area contributed by atoms with Crippen LogP contribution in [0.15, 0.2) is 53.0 Å². The molecule has 2 aromatic rings. The number of amides is 4. The Kier molecular flexibility index (Phi) is 4.07. The number of carbonyl (C=O) groups excluding carboxylic acids is 3. The minimum absolute atomic E-state index is 0.0668. The summed E-state index contributed by atoms with van der Waals surface area (Å²) in [7, 11) is 0. The van der Waals surface area contributed by atoms with Gasteiger partial charge in [-0.3, -0.25) is 14.9 Å². The van der Waals surface area contributed by atoms with E-state index in [0.29, 0.717) is 11.3 Å². The van der Waals surface area contributed by atoms with E-state index in [1.165, 1.54) is 0 Å². The minimum Gasteiger partial charge on any atom is -0.325 e. The molecule has 3 N–H and O–H groups in total. The Morgan fingerprint density at radius 1 is 1.07 bits per heavy atom. The molecular formula is C20H18BrN3O3. The Labute approximate surface area is 164 Å². The number of anilines is 1. The van der Waals surface area contributed by atoms with Crippen LogP contribution in [0.25, 0.3) is 0 Å². The summed E-state index contributed by atoms with van der Waals surface area (Å²) < 4.78 is 0.942. The fourth-order valence-electron chi connectivity index (χ4n) is 3.46. The summed E-state index contributed by atoms with van der Waals surface area (Å²) in [6.45, 7) is 1.64. The van der Waals surface area contributed by atoms with Crippen molar-refractivity contribution in [2.45, 2.75) is 30.7 Å². The highest BCUT2D eigenvalue weighted by Crippen LogP contribution is 2.49. The van der Waals surface area contributed by atoms with Crippen molar-refractivity contribution in [1.29, 1.82) is 0 Å². The number of benzene rings is 2. The first-order chi connectivity index (χ1) is 12.8. The lowest BCUT2D eigenvalue weighted by Gasteiger charge is -2.22. The van der Waals surface area contributed by atoms with E-state index in [1.54, 1.807) is 31.2 Å². The molecular weight excluding hydrogens is 410 g/mol. The minimum atomic E-state index is -1.15. The molecule has 27 heavy (non-hydrogen) atoms. The Morgan fingerprint density at radius 3 is 2.41 bits per heavy atom. The zero-order chi connectivity index (χ0) is 19.2. The molecule has 0 radical (unpaired) electrons. The van der Waals surface area contributed by atoms with Gasteiger partial charge in [0.1, 0.15) is 5.54 Å². The van der Waals surface area contributed by atoms with Crippen LogP contribution in [0.5, 0.6) is 0 Å². The fourth-order valence-corrected chi connectivity index (χ4v) is 3.86. The van der Waals surface area contributed by atoms with E-state index in [-0.39, 0.29) is 5.91 Å². The third kappa shape index (κ3) is 3.02. The summed E-state index contributed by atoms with van der Waals surface area (Å²) in [6.07, 6.45) is 1.59. The second kappa shape index (κ2) is 6.20. The van der Waals surface area contributed by atoms with Crippen molar-refractivity contribution < 1.29 is 14.4 Å². The molecule has 4 amide bonds. The maximum atomic E-state index is 13.0. The lowest BCUT2D eigenvalue weighted by Crippen LogP contribution is -2.40. The number of hydrogen-bond acceptors (Lipinski definition) is 3. The molecule has 7 heteroatoms. The van der Waals surface area contributed by atoms with Crippen molar-refractivity contribution in [3.63, 3.8) is 0 Å². The number of imide groups is 1. The third-order valence-electron chi connectivity index (χ3n) is 5.30. The number of hydrogen-bond donors (Lipinski definition) is 3. The zero-order valence-corrected chi connectivity index (χ0v) is 16.2. The van der Waals surface area contributed by atoms with Crippen molar-refractivity contribution in [3.05, 3.63) is 64.1 Å². The molecule has 0 spiro atoms. The van der Waals surface area contributed by atoms with Crippen LogP contribution in [-0.4, -0.2) is 17.8 Å². The van der Waals surface area contributed by atoms with Crippen LogP contribution in [0.3, 0.4) is 0 Å². The van der Waals surface area contributed by atoms with E-state index >= 15 is 0 Å². The van der Waals surface area contributed by atoms with E-state index in [4.69, 9.17) is 0 Å². The molecule has 1 aliphatic heterocycles. The predicted octanol–water partition coefficient (Wildman–Crippen LogP) is 3.17. The van der Waals surface area contributed by atoms with Gasteiger partial charge in [0.25, 0.3) is 5.91 Å². The van der Waals surface area contributed by atoms with Crippen LogP contribution in [0.2, 0.25) is 0 Å². The Hall–Kier alpha value is -2.67. The van der Waals surface area contributed by atoms with Gasteiger partial charge in [-0.25, -0.2) is 4.79 Å². The standard InChI is InChI=1S/C20H18BrN3O3/c1-19(16(25)23-18(27)24-19)12-4-3-7-15(11-12)22-17(26)20(8-9-20)13-5-2-6-14(21)10-13/h2-7,10-11H,8-9H2,1H3,(H,22,26)(H2,23,24,25,27). The zero-order valence-electron chi connectivity index (χ0n) is 14.6. The number of nitrogens with one attached hydrogen (secondary N) is 3. The molecule has 0 bridgehead atoms. The highest BCUT2D eigenvalue weighted by Gasteiger charge is 2.51. The second-order valence-electron chi connectivity index (χ2n) is 7.16. The Morgan fingerprint density at radius 2 is 1.78 bits per heavy atom. The molecule has 6 nitrogen and oxygen atoms in total. The third-order valence-corrected chi connectivity index (χ3v) is 5.80. The van der Waals surface area contributed by atoms with E-state index in [1.807, 2.05) is 24.3 Å². The van der Waals surface area contributed by atoms with Crippen LogP contribution in [0.4, 0.5) is 10.5 Å². The average Bonchev–Trinajstić information content (AvgIpc) is 3.39. The summed E-state index contributed by atoms with van der Waals surface area (Å²) in [6, 6.07) is 14.3. The first kappa shape index (κ1) is 17.7. The topological polar surface area (TPSA) is 87.3 Å². The van der Waals surface area contributed by atoms with Gasteiger partial charge >= 0.3 is 6.03 Å². The van der Waals surface area contributed by atoms with Gasteiger partial charge < -0.3 is 10.6 Å². The lowest BCUT2D eigenvalue weighted by molar-refractivity contribution is -0.123. The second-order valence-corrected chi connectivity index (χ2v) is 8.08. The van der Waals surface area contributed by atoms with Gasteiger partial charge in [-0.05, 0) is 55.2 Å². The summed E-state index contributed by atoms with van der Waals surface area (Å²) in [5.74, 6) is -0.480. The molecule has 1 unspecified atom stereocenters. The van der Waals surface area contributed by atoms with Gasteiger partial charge in [-0.2, -0.15) is 0 Å². The molecule has 2 aliphatic rings. The predicted molar refractivity (Wildman–Crippen MR) is 104 cm³/mol. The van der Waals surface area contributed by atoms with E-state index in [9.17, 15) is 14.4 Å². The molecule has 0 aromatic heterocycles. The maximum Gasteiger partial charge on any atom is 0.322 e. The quantitative estimate of drug-likeness (QED) is 0.654. The Bertz CT molecular complexity index is 970. The molecule has 1 atom stereocenters. The number of carbonyl (C=O) groups is 3. The summed E-state index contributed by atoms with van der Waals surface area (Å²) in [5, 5.41) is 7.85. The van der Waals surface area contributed by atoms with Crippen LogP contribution in [0.1, 0.15) is 30.9 Å². The summed E-state index contributed by atoms with van der Waals surface area (Å²) in [5.41, 5.74) is 0.520. The summed E-state index contributed by atoms with van der Waals surface area (Å²) in [4.78, 5) is 36.6. The number of halogens is 1. The van der Waals surface area contributed by atoms with Crippen molar-refractivity contribution in [1.82, 2.24) is 10.6 Å². The average molecular weight is 428 g/mol.